The summed E-state index contributed by atoms with van der Waals surface area (Å²) >= 11 is 0. The number of anilines is 1. The first-order chi connectivity index (χ1) is 15.5. The Balaban J connectivity index is 0.00000385. The van der Waals surface area contributed by atoms with Gasteiger partial charge >= 0.3 is 0 Å². The van der Waals surface area contributed by atoms with Crippen LogP contribution in [0.25, 0.3) is 0 Å². The van der Waals surface area contributed by atoms with Gasteiger partial charge in [-0.1, -0.05) is 26.0 Å². The highest BCUT2D eigenvalue weighted by molar-refractivity contribution is 14.0. The molecule has 3 N–H and O–H groups in total. The molecule has 1 aromatic carbocycles. The average Bonchev–Trinajstić information content (AvgIpc) is 3.14. The van der Waals surface area contributed by atoms with Gasteiger partial charge in [0.25, 0.3) is 0 Å². The lowest BCUT2D eigenvalue weighted by Crippen LogP contribution is -2.47. The van der Waals surface area contributed by atoms with Crippen LogP contribution in [0.3, 0.4) is 0 Å². The van der Waals surface area contributed by atoms with E-state index in [1.165, 1.54) is 0 Å². The van der Waals surface area contributed by atoms with Crippen LogP contribution in [0.5, 0.6) is 0 Å². The fourth-order valence-corrected chi connectivity index (χ4v) is 3.68. The molecule has 0 saturated heterocycles. The van der Waals surface area contributed by atoms with E-state index < -0.39 is 0 Å². The number of fused-ring (bicyclic) bond motifs is 1. The topological polar surface area (TPSA) is 105 Å². The van der Waals surface area contributed by atoms with E-state index in [9.17, 15) is 4.79 Å². The van der Waals surface area contributed by atoms with Crippen molar-refractivity contribution in [2.24, 2.45) is 10.9 Å². The zero-order chi connectivity index (χ0) is 22.9. The monoisotopic (exact) mass is 569 g/mol. The van der Waals surface area contributed by atoms with E-state index in [0.717, 1.165) is 54.8 Å². The SMILES string of the molecule is CCNC(=NCc1cccc(NC(=O)CC(C)C)c1)NC1CCc2nc(COC)nn2C1.I. The Bertz CT molecular complexity index is 929. The van der Waals surface area contributed by atoms with Crippen molar-refractivity contribution in [1.82, 2.24) is 25.4 Å². The van der Waals surface area contributed by atoms with Gasteiger partial charge in [-0.05, 0) is 37.0 Å². The van der Waals surface area contributed by atoms with Crippen LogP contribution >= 0.6 is 24.0 Å². The third-order valence-electron chi connectivity index (χ3n) is 5.08. The molecular formula is C23H36IN7O2. The molecule has 0 aliphatic carbocycles. The Morgan fingerprint density at radius 2 is 2.18 bits per heavy atom. The van der Waals surface area contributed by atoms with Crippen LogP contribution in [0.4, 0.5) is 5.69 Å². The van der Waals surface area contributed by atoms with Gasteiger partial charge < -0.3 is 20.7 Å². The number of aryl methyl sites for hydroxylation is 1. The summed E-state index contributed by atoms with van der Waals surface area (Å²) in [5.41, 5.74) is 1.84. The van der Waals surface area contributed by atoms with Crippen LogP contribution in [0.2, 0.25) is 0 Å². The first-order valence-electron chi connectivity index (χ1n) is 11.3. The third kappa shape index (κ3) is 8.58. The zero-order valence-electron chi connectivity index (χ0n) is 19.9. The van der Waals surface area contributed by atoms with Gasteiger partial charge in [-0.2, -0.15) is 5.10 Å². The van der Waals surface area contributed by atoms with E-state index in [2.05, 4.69) is 33.0 Å². The van der Waals surface area contributed by atoms with Crippen LogP contribution < -0.4 is 16.0 Å². The lowest BCUT2D eigenvalue weighted by Gasteiger charge is -2.25. The standard InChI is InChI=1S/C23H35N7O2.HI/c1-5-24-23(27-19-9-10-21-28-20(15-32-4)29-30(21)14-19)25-13-17-7-6-8-18(12-17)26-22(31)11-16(2)3;/h6-8,12,16,19H,5,9-11,13-15H2,1-4H3,(H,26,31)(H2,24,25,27);1H. The second-order valence-corrected chi connectivity index (χ2v) is 8.48. The number of carbonyl (C=O) groups excluding carboxylic acids is 1. The minimum absolute atomic E-state index is 0. The maximum Gasteiger partial charge on any atom is 0.224 e. The van der Waals surface area contributed by atoms with E-state index in [-0.39, 0.29) is 35.9 Å². The average molecular weight is 569 g/mol. The highest BCUT2D eigenvalue weighted by Gasteiger charge is 2.22. The summed E-state index contributed by atoms with van der Waals surface area (Å²) < 4.78 is 7.10. The molecule has 2 aromatic rings. The number of aliphatic imine (C=N–C) groups is 1. The van der Waals surface area contributed by atoms with Crippen molar-refractivity contribution in [3.63, 3.8) is 0 Å². The minimum Gasteiger partial charge on any atom is -0.377 e. The van der Waals surface area contributed by atoms with Crippen molar-refractivity contribution in [2.75, 3.05) is 19.0 Å². The van der Waals surface area contributed by atoms with Gasteiger partial charge in [-0.3, -0.25) is 4.79 Å². The van der Waals surface area contributed by atoms with E-state index in [4.69, 9.17) is 9.73 Å². The summed E-state index contributed by atoms with van der Waals surface area (Å²) in [5, 5.41) is 14.4. The highest BCUT2D eigenvalue weighted by Crippen LogP contribution is 2.15. The van der Waals surface area contributed by atoms with Gasteiger partial charge in [-0.25, -0.2) is 14.7 Å². The maximum atomic E-state index is 12.1. The fourth-order valence-electron chi connectivity index (χ4n) is 3.68. The third-order valence-corrected chi connectivity index (χ3v) is 5.08. The summed E-state index contributed by atoms with van der Waals surface area (Å²) in [6.45, 7) is 8.59. The largest absolute Gasteiger partial charge is 0.377 e. The lowest BCUT2D eigenvalue weighted by molar-refractivity contribution is -0.116. The summed E-state index contributed by atoms with van der Waals surface area (Å²) in [5.74, 6) is 2.87. The maximum absolute atomic E-state index is 12.1. The van der Waals surface area contributed by atoms with E-state index in [1.54, 1.807) is 7.11 Å². The molecule has 1 aromatic heterocycles. The Morgan fingerprint density at radius 1 is 1.36 bits per heavy atom. The van der Waals surface area contributed by atoms with Crippen molar-refractivity contribution in [2.45, 2.75) is 65.8 Å². The van der Waals surface area contributed by atoms with Crippen LogP contribution in [0.15, 0.2) is 29.3 Å². The molecule has 2 heterocycles. The van der Waals surface area contributed by atoms with Crippen LogP contribution in [0.1, 0.15) is 50.8 Å². The Morgan fingerprint density at radius 3 is 2.91 bits per heavy atom. The number of methoxy groups -OCH3 is 1. The number of rotatable bonds is 9. The number of aromatic nitrogens is 3. The molecule has 33 heavy (non-hydrogen) atoms. The van der Waals surface area contributed by atoms with Crippen molar-refractivity contribution in [3.05, 3.63) is 41.5 Å². The van der Waals surface area contributed by atoms with Gasteiger partial charge in [0, 0.05) is 38.2 Å². The van der Waals surface area contributed by atoms with Gasteiger partial charge in [0.2, 0.25) is 5.91 Å². The normalized spacial score (nSPS) is 15.5. The molecule has 0 spiro atoms. The van der Waals surface area contributed by atoms with E-state index in [1.807, 2.05) is 42.8 Å². The van der Waals surface area contributed by atoms with Crippen molar-refractivity contribution in [3.8, 4) is 0 Å². The second kappa shape index (κ2) is 13.5. The van der Waals surface area contributed by atoms with Gasteiger partial charge in [0.1, 0.15) is 12.4 Å². The molecule has 182 valence electrons. The molecule has 3 rings (SSSR count). The first kappa shape index (κ1) is 27.0. The molecule has 1 aliphatic rings. The predicted octanol–water partition coefficient (Wildman–Crippen LogP) is 3.10. The van der Waals surface area contributed by atoms with Crippen molar-refractivity contribution < 1.29 is 9.53 Å². The first-order valence-corrected chi connectivity index (χ1v) is 11.3. The summed E-state index contributed by atoms with van der Waals surface area (Å²) in [6.07, 6.45) is 2.34. The van der Waals surface area contributed by atoms with E-state index >= 15 is 0 Å². The molecule has 0 bridgehead atoms. The zero-order valence-corrected chi connectivity index (χ0v) is 22.3. The molecule has 1 aliphatic heterocycles. The van der Waals surface area contributed by atoms with Crippen LogP contribution in [0, 0.1) is 5.92 Å². The molecule has 10 heteroatoms. The molecule has 1 unspecified atom stereocenters. The molecular weight excluding hydrogens is 533 g/mol. The molecule has 0 radical (unpaired) electrons. The Labute approximate surface area is 213 Å². The number of nitrogens with zero attached hydrogens (tertiary/aromatic N) is 4. The van der Waals surface area contributed by atoms with Crippen molar-refractivity contribution in [1.29, 1.82) is 0 Å². The van der Waals surface area contributed by atoms with Crippen molar-refractivity contribution >= 4 is 41.5 Å². The van der Waals surface area contributed by atoms with Crippen LogP contribution in [-0.4, -0.2) is 46.3 Å². The predicted molar refractivity (Wildman–Crippen MR) is 141 cm³/mol. The van der Waals surface area contributed by atoms with Gasteiger partial charge in [0.05, 0.1) is 13.1 Å². The molecule has 0 saturated carbocycles. The molecule has 1 atom stereocenters. The second-order valence-electron chi connectivity index (χ2n) is 8.48. The number of ether oxygens (including phenoxy) is 1. The minimum atomic E-state index is 0. The van der Waals surface area contributed by atoms with E-state index in [0.29, 0.717) is 25.5 Å². The fraction of sp³-hybridized carbons (Fsp3) is 0.565. The highest BCUT2D eigenvalue weighted by atomic mass is 127. The number of halogens is 1. The Hall–Kier alpha value is -2.21. The number of hydrogen-bond acceptors (Lipinski definition) is 5. The number of guanidine groups is 1. The number of hydrogen-bond donors (Lipinski definition) is 3. The summed E-state index contributed by atoms with van der Waals surface area (Å²) in [6, 6.07) is 8.07. The number of amides is 1. The molecule has 9 nitrogen and oxygen atoms in total. The van der Waals surface area contributed by atoms with Crippen LogP contribution in [-0.2, 0) is 35.6 Å². The van der Waals surface area contributed by atoms with Gasteiger partial charge in [0.15, 0.2) is 11.8 Å². The quantitative estimate of drug-likeness (QED) is 0.244. The number of carbonyl (C=O) groups is 1. The smallest absolute Gasteiger partial charge is 0.224 e. The lowest BCUT2D eigenvalue weighted by atomic mass is 10.1. The van der Waals surface area contributed by atoms with Gasteiger partial charge in [-0.15, -0.1) is 24.0 Å². The summed E-state index contributed by atoms with van der Waals surface area (Å²) in [4.78, 5) is 21.3. The Kier molecular flexibility index (Phi) is 11.0. The number of benzene rings is 1. The molecule has 1 amide bonds. The molecule has 0 fully saturated rings. The number of nitrogens with one attached hydrogen (secondary N) is 3. The summed E-state index contributed by atoms with van der Waals surface area (Å²) in [7, 11) is 1.65.